The van der Waals surface area contributed by atoms with Crippen LogP contribution in [0.25, 0.3) is 0 Å². The lowest BCUT2D eigenvalue weighted by atomic mass is 10.2. The zero-order chi connectivity index (χ0) is 19.5. The highest BCUT2D eigenvalue weighted by molar-refractivity contribution is 14.0. The van der Waals surface area contributed by atoms with Crippen molar-refractivity contribution in [2.45, 2.75) is 32.9 Å². The number of halogens is 1. The Bertz CT molecular complexity index is 720. The molecular formula is C19H31IN6OS. The predicted octanol–water partition coefficient (Wildman–Crippen LogP) is 3.13. The number of aromatic nitrogens is 3. The molecule has 0 radical (unpaired) electrons. The maximum Gasteiger partial charge on any atom is 0.191 e. The van der Waals surface area contributed by atoms with E-state index in [1.807, 2.05) is 54.6 Å². The second kappa shape index (κ2) is 13.6. The average Bonchev–Trinajstić information content (AvgIpc) is 3.01. The van der Waals surface area contributed by atoms with Crippen LogP contribution in [0.4, 0.5) is 0 Å². The van der Waals surface area contributed by atoms with Crippen LogP contribution in [-0.2, 0) is 20.1 Å². The van der Waals surface area contributed by atoms with E-state index in [4.69, 9.17) is 9.73 Å². The molecule has 2 rings (SSSR count). The van der Waals surface area contributed by atoms with Crippen LogP contribution in [0.5, 0.6) is 5.75 Å². The van der Waals surface area contributed by atoms with Gasteiger partial charge in [0.05, 0.1) is 20.2 Å². The lowest BCUT2D eigenvalue weighted by Gasteiger charge is -2.12. The third kappa shape index (κ3) is 8.26. The van der Waals surface area contributed by atoms with Gasteiger partial charge in [-0.1, -0.05) is 12.1 Å². The first-order valence-electron chi connectivity index (χ1n) is 9.13. The third-order valence-corrected chi connectivity index (χ3v) is 4.94. The third-order valence-electron chi connectivity index (χ3n) is 4.24. The normalized spacial score (nSPS) is 11.1. The zero-order valence-electron chi connectivity index (χ0n) is 17.1. The second-order valence-electron chi connectivity index (χ2n) is 6.22. The number of thioether (sulfide) groups is 1. The Morgan fingerprint density at radius 2 is 1.93 bits per heavy atom. The molecule has 0 aliphatic heterocycles. The van der Waals surface area contributed by atoms with Crippen molar-refractivity contribution in [2.24, 2.45) is 12.0 Å². The van der Waals surface area contributed by atoms with E-state index in [2.05, 4.69) is 27.1 Å². The van der Waals surface area contributed by atoms with E-state index < -0.39 is 0 Å². The number of hydrogen-bond acceptors (Lipinski definition) is 5. The lowest BCUT2D eigenvalue weighted by Crippen LogP contribution is -2.38. The molecular weight excluding hydrogens is 487 g/mol. The van der Waals surface area contributed by atoms with Crippen LogP contribution in [0.1, 0.15) is 30.1 Å². The van der Waals surface area contributed by atoms with Crippen LogP contribution < -0.4 is 15.4 Å². The minimum atomic E-state index is 0. The summed E-state index contributed by atoms with van der Waals surface area (Å²) in [5.74, 6) is 4.61. The van der Waals surface area contributed by atoms with E-state index in [1.54, 1.807) is 7.11 Å². The molecule has 0 atom stereocenters. The van der Waals surface area contributed by atoms with E-state index >= 15 is 0 Å². The number of aliphatic imine (C=N–C) groups is 1. The highest BCUT2D eigenvalue weighted by atomic mass is 127. The minimum absolute atomic E-state index is 0. The van der Waals surface area contributed by atoms with Gasteiger partial charge < -0.3 is 19.9 Å². The number of aryl methyl sites for hydroxylation is 1. The molecule has 156 valence electrons. The Labute approximate surface area is 189 Å². The first-order valence-corrected chi connectivity index (χ1v) is 10.5. The Morgan fingerprint density at radius 1 is 1.18 bits per heavy atom. The maximum absolute atomic E-state index is 5.20. The molecule has 7 nitrogen and oxygen atoms in total. The SMILES string of the molecule is COc1ccc(CN=C(NCCCCSC)NCc2nnc(C)n2C)cc1.I. The minimum Gasteiger partial charge on any atom is -0.497 e. The van der Waals surface area contributed by atoms with Gasteiger partial charge in [0.25, 0.3) is 0 Å². The number of rotatable bonds is 10. The van der Waals surface area contributed by atoms with Crippen molar-refractivity contribution in [3.05, 3.63) is 41.5 Å². The van der Waals surface area contributed by atoms with Crippen molar-refractivity contribution in [3.8, 4) is 5.75 Å². The number of hydrogen-bond donors (Lipinski definition) is 2. The fourth-order valence-electron chi connectivity index (χ4n) is 2.42. The van der Waals surface area contributed by atoms with E-state index in [0.717, 1.165) is 41.9 Å². The van der Waals surface area contributed by atoms with Crippen molar-refractivity contribution < 1.29 is 4.74 Å². The van der Waals surface area contributed by atoms with Gasteiger partial charge in [-0.3, -0.25) is 0 Å². The first kappa shape index (κ1) is 24.5. The Morgan fingerprint density at radius 3 is 2.54 bits per heavy atom. The highest BCUT2D eigenvalue weighted by Gasteiger charge is 2.06. The summed E-state index contributed by atoms with van der Waals surface area (Å²) < 4.78 is 7.18. The van der Waals surface area contributed by atoms with Gasteiger partial charge in [-0.15, -0.1) is 34.2 Å². The van der Waals surface area contributed by atoms with Gasteiger partial charge in [0.2, 0.25) is 0 Å². The fraction of sp³-hybridized carbons (Fsp3) is 0.526. The quantitative estimate of drug-likeness (QED) is 0.218. The number of guanidine groups is 1. The molecule has 0 spiro atoms. The first-order chi connectivity index (χ1) is 13.1. The van der Waals surface area contributed by atoms with Crippen molar-refractivity contribution in [3.63, 3.8) is 0 Å². The van der Waals surface area contributed by atoms with Crippen molar-refractivity contribution >= 4 is 41.7 Å². The molecule has 0 amide bonds. The molecule has 28 heavy (non-hydrogen) atoms. The topological polar surface area (TPSA) is 76.4 Å². The molecule has 0 unspecified atom stereocenters. The standard InChI is InChI=1S/C19H30N6OS.HI/c1-15-23-24-18(25(15)2)14-22-19(20-11-5-6-12-27-4)21-13-16-7-9-17(26-3)10-8-16;/h7-10H,5-6,11-14H2,1-4H3,(H2,20,21,22);1H. The van der Waals surface area contributed by atoms with Gasteiger partial charge in [0, 0.05) is 13.6 Å². The number of unbranched alkanes of at least 4 members (excludes halogenated alkanes) is 1. The summed E-state index contributed by atoms with van der Waals surface area (Å²) in [5, 5.41) is 15.1. The van der Waals surface area contributed by atoms with Crippen molar-refractivity contribution in [2.75, 3.05) is 25.7 Å². The maximum atomic E-state index is 5.20. The molecule has 1 aromatic heterocycles. The van der Waals surface area contributed by atoms with Crippen LogP contribution in [0.15, 0.2) is 29.3 Å². The van der Waals surface area contributed by atoms with Gasteiger partial charge in [-0.05, 0) is 49.5 Å². The van der Waals surface area contributed by atoms with Crippen LogP contribution in [0.2, 0.25) is 0 Å². The van der Waals surface area contributed by atoms with Crippen LogP contribution in [-0.4, -0.2) is 46.4 Å². The zero-order valence-corrected chi connectivity index (χ0v) is 20.2. The van der Waals surface area contributed by atoms with Gasteiger partial charge in [0.1, 0.15) is 11.6 Å². The summed E-state index contributed by atoms with van der Waals surface area (Å²) in [5.41, 5.74) is 1.13. The lowest BCUT2D eigenvalue weighted by molar-refractivity contribution is 0.414. The van der Waals surface area contributed by atoms with Gasteiger partial charge in [-0.2, -0.15) is 11.8 Å². The van der Waals surface area contributed by atoms with Crippen LogP contribution in [0.3, 0.4) is 0 Å². The molecule has 0 aliphatic rings. The molecule has 2 N–H and O–H groups in total. The molecule has 0 bridgehead atoms. The summed E-state index contributed by atoms with van der Waals surface area (Å²) in [7, 11) is 3.64. The Kier molecular flexibility index (Phi) is 12.0. The molecule has 0 saturated heterocycles. The number of nitrogens with zero attached hydrogens (tertiary/aromatic N) is 4. The van der Waals surface area contributed by atoms with E-state index in [9.17, 15) is 0 Å². The van der Waals surface area contributed by atoms with Crippen molar-refractivity contribution in [1.82, 2.24) is 25.4 Å². The Hall–Kier alpha value is -1.49. The van der Waals surface area contributed by atoms with E-state index in [1.165, 1.54) is 12.2 Å². The summed E-state index contributed by atoms with van der Waals surface area (Å²) in [6.07, 6.45) is 4.45. The number of nitrogens with one attached hydrogen (secondary N) is 2. The molecule has 0 aliphatic carbocycles. The van der Waals surface area contributed by atoms with Gasteiger partial charge in [0.15, 0.2) is 11.8 Å². The number of benzene rings is 1. The highest BCUT2D eigenvalue weighted by Crippen LogP contribution is 2.11. The molecule has 1 heterocycles. The van der Waals surface area contributed by atoms with Crippen molar-refractivity contribution in [1.29, 1.82) is 0 Å². The largest absolute Gasteiger partial charge is 0.497 e. The van der Waals surface area contributed by atoms with Crippen LogP contribution in [0, 0.1) is 6.92 Å². The summed E-state index contributed by atoms with van der Waals surface area (Å²) >= 11 is 1.88. The summed E-state index contributed by atoms with van der Waals surface area (Å²) in [6.45, 7) is 4.02. The summed E-state index contributed by atoms with van der Waals surface area (Å²) in [6, 6.07) is 7.97. The molecule has 9 heteroatoms. The molecule has 0 saturated carbocycles. The van der Waals surface area contributed by atoms with Crippen LogP contribution >= 0.6 is 35.7 Å². The second-order valence-corrected chi connectivity index (χ2v) is 7.20. The predicted molar refractivity (Wildman–Crippen MR) is 128 cm³/mol. The Balaban J connectivity index is 0.00000392. The number of ether oxygens (including phenoxy) is 1. The smallest absolute Gasteiger partial charge is 0.191 e. The van der Waals surface area contributed by atoms with Gasteiger partial charge in [-0.25, -0.2) is 4.99 Å². The average molecular weight is 518 g/mol. The molecule has 0 fully saturated rings. The van der Waals surface area contributed by atoms with E-state index in [-0.39, 0.29) is 24.0 Å². The monoisotopic (exact) mass is 518 g/mol. The summed E-state index contributed by atoms with van der Waals surface area (Å²) in [4.78, 5) is 4.71. The van der Waals surface area contributed by atoms with E-state index in [0.29, 0.717) is 13.1 Å². The van der Waals surface area contributed by atoms with Gasteiger partial charge >= 0.3 is 0 Å². The molecule has 1 aromatic carbocycles. The number of methoxy groups -OCH3 is 1. The fourth-order valence-corrected chi connectivity index (χ4v) is 2.91. The molecule has 2 aromatic rings.